The minimum Gasteiger partial charge on any atom is -0.383 e. The van der Waals surface area contributed by atoms with Gasteiger partial charge in [-0.05, 0) is 18.4 Å². The topological polar surface area (TPSA) is 76.1 Å². The van der Waals surface area contributed by atoms with Crippen molar-refractivity contribution < 1.29 is 23.8 Å². The molecular weight excluding hydrogens is 329 g/mol. The predicted molar refractivity (Wildman–Crippen MR) is 93.4 cm³/mol. The van der Waals surface area contributed by atoms with Crippen molar-refractivity contribution in [2.75, 3.05) is 6.16 Å². The highest BCUT2D eigenvalue weighted by Crippen LogP contribution is 2.53. The summed E-state index contributed by atoms with van der Waals surface area (Å²) in [4.78, 5) is 16.9. The Labute approximate surface area is 144 Å². The van der Waals surface area contributed by atoms with Crippen molar-refractivity contribution in [2.45, 2.75) is 58.7 Å². The lowest BCUT2D eigenvalue weighted by atomic mass is 10.2. The number of aliphatic hydroxyl groups excluding tert-OH is 1. The number of carbonyl (C=O) groups excluding carboxylic acids is 1. The zero-order valence-electron chi connectivity index (χ0n) is 14.6. The van der Waals surface area contributed by atoms with E-state index in [0.717, 1.165) is 10.6 Å². The standard InChI is InChI=1S/C17H28NO5P/c1-4-10-17(20)24(21,6-3)23-16(5-2)18(14-19)22-13-15-11-8-7-9-12-15/h7-9,11-12,14,16-17,20H,4-6,10,13H2,1-3H3. The van der Waals surface area contributed by atoms with E-state index in [1.54, 1.807) is 13.8 Å². The Bertz CT molecular complexity index is 525. The number of nitrogens with zero attached hydrogens (tertiary/aromatic N) is 1. The first-order valence-corrected chi connectivity index (χ1v) is 10.2. The van der Waals surface area contributed by atoms with Gasteiger partial charge in [-0.1, -0.05) is 57.5 Å². The molecule has 0 heterocycles. The van der Waals surface area contributed by atoms with Crippen molar-refractivity contribution in [1.29, 1.82) is 0 Å². The zero-order chi connectivity index (χ0) is 18.0. The van der Waals surface area contributed by atoms with Gasteiger partial charge in [0.2, 0.25) is 13.8 Å². The van der Waals surface area contributed by atoms with E-state index in [4.69, 9.17) is 9.36 Å². The molecule has 3 atom stereocenters. The third kappa shape index (κ3) is 6.02. The molecule has 1 N–H and O–H groups in total. The van der Waals surface area contributed by atoms with Crippen molar-refractivity contribution in [3.63, 3.8) is 0 Å². The third-order valence-corrected chi connectivity index (χ3v) is 6.35. The first-order valence-electron chi connectivity index (χ1n) is 8.36. The molecule has 0 saturated carbocycles. The highest BCUT2D eigenvalue weighted by atomic mass is 31.2. The fraction of sp³-hybridized carbons (Fsp3) is 0.588. The molecule has 1 aromatic rings. The Morgan fingerprint density at radius 3 is 2.42 bits per heavy atom. The molecule has 6 nitrogen and oxygen atoms in total. The summed E-state index contributed by atoms with van der Waals surface area (Å²) in [5.41, 5.74) is 0.906. The van der Waals surface area contributed by atoms with Crippen molar-refractivity contribution in [2.24, 2.45) is 0 Å². The summed E-state index contributed by atoms with van der Waals surface area (Å²) in [7, 11) is -3.27. The number of aliphatic hydroxyl groups is 1. The lowest BCUT2D eigenvalue weighted by molar-refractivity contribution is -0.222. The van der Waals surface area contributed by atoms with Gasteiger partial charge in [-0.25, -0.2) is 0 Å². The van der Waals surface area contributed by atoms with Gasteiger partial charge in [0.15, 0.2) is 6.23 Å². The second-order valence-electron chi connectivity index (χ2n) is 5.50. The predicted octanol–water partition coefficient (Wildman–Crippen LogP) is 3.75. The minimum atomic E-state index is -3.27. The van der Waals surface area contributed by atoms with E-state index in [-0.39, 0.29) is 12.8 Å². The van der Waals surface area contributed by atoms with Crippen molar-refractivity contribution in [3.8, 4) is 0 Å². The van der Waals surface area contributed by atoms with Gasteiger partial charge in [0, 0.05) is 6.16 Å². The summed E-state index contributed by atoms with van der Waals surface area (Å²) in [5.74, 6) is -1.02. The Morgan fingerprint density at radius 1 is 1.25 bits per heavy atom. The van der Waals surface area contributed by atoms with Crippen LogP contribution in [0.15, 0.2) is 30.3 Å². The van der Waals surface area contributed by atoms with Crippen LogP contribution in [0, 0.1) is 0 Å². The molecule has 0 fully saturated rings. The summed E-state index contributed by atoms with van der Waals surface area (Å²) < 4.78 is 18.5. The molecule has 7 heteroatoms. The second-order valence-corrected chi connectivity index (χ2v) is 8.40. The molecule has 0 aromatic heterocycles. The number of amides is 1. The molecule has 0 aliphatic carbocycles. The van der Waals surface area contributed by atoms with E-state index in [1.165, 1.54) is 0 Å². The van der Waals surface area contributed by atoms with Crippen molar-refractivity contribution >= 4 is 13.8 Å². The molecule has 1 rings (SSSR count). The Kier molecular flexibility index (Phi) is 9.22. The van der Waals surface area contributed by atoms with E-state index < -0.39 is 19.4 Å². The number of carbonyl (C=O) groups is 1. The molecule has 1 aromatic carbocycles. The third-order valence-electron chi connectivity index (χ3n) is 3.70. The average Bonchev–Trinajstić information content (AvgIpc) is 2.61. The maximum atomic E-state index is 12.9. The SMILES string of the molecule is CCCC(O)P(=O)(CC)OC(CC)N(C=O)OCc1ccccc1. The van der Waals surface area contributed by atoms with Gasteiger partial charge in [-0.15, -0.1) is 0 Å². The minimum absolute atomic E-state index is 0.202. The number of hydroxylamine groups is 2. The molecule has 0 saturated heterocycles. The van der Waals surface area contributed by atoms with Crippen molar-refractivity contribution in [3.05, 3.63) is 35.9 Å². The van der Waals surface area contributed by atoms with Crippen molar-refractivity contribution in [1.82, 2.24) is 5.06 Å². The molecule has 0 spiro atoms. The quantitative estimate of drug-likeness (QED) is 0.267. The molecular formula is C17H28NO5P. The summed E-state index contributed by atoms with van der Waals surface area (Å²) in [6.45, 7) is 5.62. The van der Waals surface area contributed by atoms with Crippen LogP contribution in [0.3, 0.4) is 0 Å². The molecule has 0 aliphatic heterocycles. The number of hydrogen-bond donors (Lipinski definition) is 1. The second kappa shape index (κ2) is 10.6. The lowest BCUT2D eigenvalue weighted by Gasteiger charge is -2.31. The number of benzene rings is 1. The number of rotatable bonds is 12. The monoisotopic (exact) mass is 357 g/mol. The molecule has 136 valence electrons. The molecule has 0 bridgehead atoms. The summed E-state index contributed by atoms with van der Waals surface area (Å²) in [6, 6.07) is 9.42. The molecule has 0 aliphatic rings. The molecule has 0 radical (unpaired) electrons. The lowest BCUT2D eigenvalue weighted by Crippen LogP contribution is -2.36. The smallest absolute Gasteiger partial charge is 0.235 e. The van der Waals surface area contributed by atoms with Crippen LogP contribution in [-0.4, -0.2) is 34.8 Å². The largest absolute Gasteiger partial charge is 0.383 e. The van der Waals surface area contributed by atoms with E-state index in [1.807, 2.05) is 37.3 Å². The summed E-state index contributed by atoms with van der Waals surface area (Å²) in [6.07, 6.45) is 1.42. The maximum absolute atomic E-state index is 12.9. The van der Waals surface area contributed by atoms with E-state index in [2.05, 4.69) is 0 Å². The van der Waals surface area contributed by atoms with Gasteiger partial charge in [0.05, 0.1) is 0 Å². The molecule has 24 heavy (non-hydrogen) atoms. The van der Waals surface area contributed by atoms with Gasteiger partial charge in [-0.3, -0.25) is 18.7 Å². The zero-order valence-corrected chi connectivity index (χ0v) is 15.5. The Hall–Kier alpha value is -1.20. The van der Waals surface area contributed by atoms with E-state index in [0.29, 0.717) is 25.7 Å². The van der Waals surface area contributed by atoms with Crippen LogP contribution in [-0.2, 0) is 25.3 Å². The fourth-order valence-electron chi connectivity index (χ4n) is 2.22. The van der Waals surface area contributed by atoms with Crippen LogP contribution in [0.2, 0.25) is 0 Å². The number of hydrogen-bond acceptors (Lipinski definition) is 5. The first-order chi connectivity index (χ1) is 11.5. The van der Waals surface area contributed by atoms with E-state index >= 15 is 0 Å². The first kappa shape index (κ1) is 20.8. The van der Waals surface area contributed by atoms with Crippen LogP contribution >= 0.6 is 7.37 Å². The Balaban J connectivity index is 2.76. The Morgan fingerprint density at radius 2 is 1.92 bits per heavy atom. The average molecular weight is 357 g/mol. The fourth-order valence-corrected chi connectivity index (χ4v) is 4.24. The van der Waals surface area contributed by atoms with Crippen LogP contribution in [0.1, 0.15) is 45.6 Å². The van der Waals surface area contributed by atoms with Crippen LogP contribution in [0.5, 0.6) is 0 Å². The molecule has 1 amide bonds. The van der Waals surface area contributed by atoms with Crippen LogP contribution in [0.4, 0.5) is 0 Å². The van der Waals surface area contributed by atoms with E-state index in [9.17, 15) is 14.5 Å². The van der Waals surface area contributed by atoms with Gasteiger partial charge in [0.1, 0.15) is 12.5 Å². The normalized spacial score (nSPS) is 16.2. The maximum Gasteiger partial charge on any atom is 0.235 e. The molecule has 3 unspecified atom stereocenters. The van der Waals surface area contributed by atoms with Crippen LogP contribution < -0.4 is 0 Å². The highest BCUT2D eigenvalue weighted by molar-refractivity contribution is 7.59. The van der Waals surface area contributed by atoms with Gasteiger partial charge in [0.25, 0.3) is 0 Å². The summed E-state index contributed by atoms with van der Waals surface area (Å²) in [5, 5.41) is 11.2. The van der Waals surface area contributed by atoms with Gasteiger partial charge < -0.3 is 5.11 Å². The van der Waals surface area contributed by atoms with Crippen LogP contribution in [0.25, 0.3) is 0 Å². The van der Waals surface area contributed by atoms with Gasteiger partial charge >= 0.3 is 0 Å². The van der Waals surface area contributed by atoms with Gasteiger partial charge in [-0.2, -0.15) is 5.06 Å². The highest BCUT2D eigenvalue weighted by Gasteiger charge is 2.35. The summed E-state index contributed by atoms with van der Waals surface area (Å²) >= 11 is 0.